The molecule has 1 nitrogen and oxygen atoms in total. The first-order chi connectivity index (χ1) is 9.93. The predicted molar refractivity (Wildman–Crippen MR) is 86.5 cm³/mol. The van der Waals surface area contributed by atoms with Gasteiger partial charge in [-0.2, -0.15) is 0 Å². The van der Waals surface area contributed by atoms with Crippen LogP contribution in [0.15, 0.2) is 30.3 Å². The van der Waals surface area contributed by atoms with Crippen LogP contribution in [0, 0.1) is 11.8 Å². The lowest BCUT2D eigenvalue weighted by atomic mass is 10.1. The number of hydrogen-bond acceptors (Lipinski definition) is 1. The monoisotopic (exact) mass is 272 g/mol. The van der Waals surface area contributed by atoms with E-state index in [-0.39, 0.29) is 0 Å². The van der Waals surface area contributed by atoms with Crippen molar-refractivity contribution >= 4 is 0 Å². The maximum Gasteiger partial charge on any atom is 0.0716 e. The molecular formula is C19H28O. The zero-order valence-electron chi connectivity index (χ0n) is 12.9. The Bertz CT molecular complexity index is 372. The lowest BCUT2D eigenvalue weighted by Gasteiger charge is -2.04. The van der Waals surface area contributed by atoms with Crippen LogP contribution in [-0.4, -0.2) is 6.61 Å². The first kappa shape index (κ1) is 16.8. The molecule has 1 rings (SSSR count). The molecule has 1 aromatic carbocycles. The third-order valence-corrected chi connectivity index (χ3v) is 3.20. The van der Waals surface area contributed by atoms with Crippen molar-refractivity contribution in [2.45, 2.75) is 64.9 Å². The maximum atomic E-state index is 5.67. The molecule has 0 heterocycles. The van der Waals surface area contributed by atoms with E-state index in [9.17, 15) is 0 Å². The van der Waals surface area contributed by atoms with Gasteiger partial charge in [-0.25, -0.2) is 0 Å². The highest BCUT2D eigenvalue weighted by Gasteiger charge is 1.93. The molecular weight excluding hydrogens is 244 g/mol. The van der Waals surface area contributed by atoms with Gasteiger partial charge < -0.3 is 4.74 Å². The van der Waals surface area contributed by atoms with Crippen LogP contribution < -0.4 is 0 Å². The van der Waals surface area contributed by atoms with E-state index < -0.39 is 0 Å². The number of hydrogen-bond donors (Lipinski definition) is 0. The van der Waals surface area contributed by atoms with Gasteiger partial charge in [0.15, 0.2) is 0 Å². The molecule has 0 bridgehead atoms. The fraction of sp³-hybridized carbons (Fsp3) is 0.579. The Morgan fingerprint density at radius 1 is 0.850 bits per heavy atom. The van der Waals surface area contributed by atoms with Crippen LogP contribution in [0.1, 0.15) is 63.9 Å². The van der Waals surface area contributed by atoms with Crippen LogP contribution in [0.3, 0.4) is 0 Å². The summed E-state index contributed by atoms with van der Waals surface area (Å²) >= 11 is 0. The van der Waals surface area contributed by atoms with Gasteiger partial charge in [-0.3, -0.25) is 0 Å². The van der Waals surface area contributed by atoms with Crippen molar-refractivity contribution in [3.05, 3.63) is 35.9 Å². The summed E-state index contributed by atoms with van der Waals surface area (Å²) in [5.41, 5.74) is 1.26. The second kappa shape index (κ2) is 12.8. The highest BCUT2D eigenvalue weighted by Crippen LogP contribution is 2.06. The predicted octanol–water partition coefficient (Wildman–Crippen LogP) is 5.35. The third-order valence-electron chi connectivity index (χ3n) is 3.20. The summed E-state index contributed by atoms with van der Waals surface area (Å²) in [6, 6.07) is 10.4. The summed E-state index contributed by atoms with van der Waals surface area (Å²) in [4.78, 5) is 0. The van der Waals surface area contributed by atoms with E-state index in [2.05, 4.69) is 43.0 Å². The van der Waals surface area contributed by atoms with Crippen molar-refractivity contribution in [3.63, 3.8) is 0 Å². The molecule has 110 valence electrons. The van der Waals surface area contributed by atoms with Crippen LogP contribution in [0.5, 0.6) is 0 Å². The average molecular weight is 272 g/mol. The first-order valence-electron chi connectivity index (χ1n) is 8.01. The SMILES string of the molecule is CCCC#CCCCCCCCOCc1ccccc1. The van der Waals surface area contributed by atoms with Crippen LogP contribution in [0.4, 0.5) is 0 Å². The Labute approximate surface area is 124 Å². The van der Waals surface area contributed by atoms with E-state index in [1.54, 1.807) is 0 Å². The van der Waals surface area contributed by atoms with E-state index in [0.717, 1.165) is 26.1 Å². The quantitative estimate of drug-likeness (QED) is 0.412. The highest BCUT2D eigenvalue weighted by molar-refractivity contribution is 5.13. The molecule has 0 fully saturated rings. The van der Waals surface area contributed by atoms with Crippen molar-refractivity contribution in [1.82, 2.24) is 0 Å². The zero-order chi connectivity index (χ0) is 14.3. The van der Waals surface area contributed by atoms with Crippen molar-refractivity contribution < 1.29 is 4.74 Å². The number of rotatable bonds is 10. The topological polar surface area (TPSA) is 9.23 Å². The second-order valence-electron chi connectivity index (χ2n) is 5.16. The molecule has 1 heteroatoms. The fourth-order valence-electron chi connectivity index (χ4n) is 2.01. The van der Waals surface area contributed by atoms with E-state index in [0.29, 0.717) is 0 Å². The van der Waals surface area contributed by atoms with Gasteiger partial charge in [0.25, 0.3) is 0 Å². The Balaban J connectivity index is 1.82. The fourth-order valence-corrected chi connectivity index (χ4v) is 2.01. The lowest BCUT2D eigenvalue weighted by molar-refractivity contribution is 0.116. The van der Waals surface area contributed by atoms with E-state index >= 15 is 0 Å². The van der Waals surface area contributed by atoms with Crippen molar-refractivity contribution in [1.29, 1.82) is 0 Å². The number of ether oxygens (including phenoxy) is 1. The van der Waals surface area contributed by atoms with Gasteiger partial charge in [-0.05, 0) is 24.8 Å². The molecule has 0 amide bonds. The molecule has 1 aromatic rings. The Morgan fingerprint density at radius 3 is 2.35 bits per heavy atom. The van der Waals surface area contributed by atoms with Gasteiger partial charge >= 0.3 is 0 Å². The number of benzene rings is 1. The highest BCUT2D eigenvalue weighted by atomic mass is 16.5. The molecule has 0 unspecified atom stereocenters. The minimum atomic E-state index is 0.744. The zero-order valence-corrected chi connectivity index (χ0v) is 12.9. The third kappa shape index (κ3) is 9.64. The van der Waals surface area contributed by atoms with Gasteiger partial charge in [0.1, 0.15) is 0 Å². The van der Waals surface area contributed by atoms with Crippen LogP contribution in [0.2, 0.25) is 0 Å². The largest absolute Gasteiger partial charge is 0.377 e. The standard InChI is InChI=1S/C19H28O/c1-2-3-4-5-6-7-8-9-10-14-17-20-18-19-15-12-11-13-16-19/h11-13,15-16H,2-3,6-10,14,17-18H2,1H3. The summed E-state index contributed by atoms with van der Waals surface area (Å²) < 4.78 is 5.67. The average Bonchev–Trinajstić information content (AvgIpc) is 2.49. The molecule has 0 N–H and O–H groups in total. The van der Waals surface area contributed by atoms with Gasteiger partial charge in [-0.1, -0.05) is 56.5 Å². The molecule has 0 saturated heterocycles. The lowest BCUT2D eigenvalue weighted by Crippen LogP contribution is -1.95. The molecule has 0 spiro atoms. The molecule has 0 saturated carbocycles. The van der Waals surface area contributed by atoms with Crippen LogP contribution in [0.25, 0.3) is 0 Å². The first-order valence-corrected chi connectivity index (χ1v) is 8.01. The van der Waals surface area contributed by atoms with Crippen molar-refractivity contribution in [2.75, 3.05) is 6.61 Å². The molecule has 0 aliphatic heterocycles. The molecule has 0 radical (unpaired) electrons. The van der Waals surface area contributed by atoms with Crippen LogP contribution >= 0.6 is 0 Å². The normalized spacial score (nSPS) is 10.1. The Morgan fingerprint density at radius 2 is 1.55 bits per heavy atom. The number of unbranched alkanes of at least 4 members (excludes halogenated alkanes) is 6. The van der Waals surface area contributed by atoms with Crippen molar-refractivity contribution in [2.24, 2.45) is 0 Å². The second-order valence-corrected chi connectivity index (χ2v) is 5.16. The van der Waals surface area contributed by atoms with Gasteiger partial charge in [-0.15, -0.1) is 11.8 Å². The van der Waals surface area contributed by atoms with E-state index in [1.165, 1.54) is 44.1 Å². The summed E-state index contributed by atoms with van der Waals surface area (Å²) in [5, 5.41) is 0. The van der Waals surface area contributed by atoms with Gasteiger partial charge in [0.2, 0.25) is 0 Å². The summed E-state index contributed by atoms with van der Waals surface area (Å²) in [7, 11) is 0. The molecule has 0 aliphatic rings. The van der Waals surface area contributed by atoms with Crippen LogP contribution in [-0.2, 0) is 11.3 Å². The maximum absolute atomic E-state index is 5.67. The Kier molecular flexibility index (Phi) is 10.7. The van der Waals surface area contributed by atoms with E-state index in [4.69, 9.17) is 4.74 Å². The van der Waals surface area contributed by atoms with Gasteiger partial charge in [0, 0.05) is 19.4 Å². The molecule has 0 aliphatic carbocycles. The van der Waals surface area contributed by atoms with E-state index in [1.807, 2.05) is 6.07 Å². The molecule has 0 aromatic heterocycles. The van der Waals surface area contributed by atoms with Crippen molar-refractivity contribution in [3.8, 4) is 11.8 Å². The smallest absolute Gasteiger partial charge is 0.0716 e. The summed E-state index contributed by atoms with van der Waals surface area (Å²) in [6.45, 7) is 3.80. The molecule has 20 heavy (non-hydrogen) atoms. The minimum Gasteiger partial charge on any atom is -0.377 e. The van der Waals surface area contributed by atoms with Gasteiger partial charge in [0.05, 0.1) is 6.61 Å². The molecule has 0 atom stereocenters. The Hall–Kier alpha value is -1.26. The summed E-state index contributed by atoms with van der Waals surface area (Å²) in [5.74, 6) is 6.44. The minimum absolute atomic E-state index is 0.744. The summed E-state index contributed by atoms with van der Waals surface area (Å²) in [6.07, 6.45) is 9.62.